The van der Waals surface area contributed by atoms with Crippen LogP contribution < -0.4 is 0 Å². The molecule has 1 heterocycles. The molecule has 0 saturated heterocycles. The Balaban J connectivity index is 2.10. The lowest BCUT2D eigenvalue weighted by atomic mass is 9.88. The maximum Gasteiger partial charge on any atom is 0.392 e. The van der Waals surface area contributed by atoms with E-state index in [9.17, 15) is 13.2 Å². The van der Waals surface area contributed by atoms with Crippen LogP contribution in [0.15, 0.2) is 30.5 Å². The smallest absolute Gasteiger partial charge is 0.257 e. The van der Waals surface area contributed by atoms with Gasteiger partial charge in [-0.1, -0.05) is 12.1 Å². The van der Waals surface area contributed by atoms with Crippen LogP contribution in [0, 0.1) is 5.92 Å². The van der Waals surface area contributed by atoms with Crippen LogP contribution in [0.4, 0.5) is 13.2 Å². The minimum Gasteiger partial charge on any atom is -0.257 e. The summed E-state index contributed by atoms with van der Waals surface area (Å²) in [5.74, 6) is -1.18. The van der Waals surface area contributed by atoms with Gasteiger partial charge in [-0.05, 0) is 37.0 Å². The minimum absolute atomic E-state index is 0.0788. The third kappa shape index (κ3) is 2.43. The van der Waals surface area contributed by atoms with Gasteiger partial charge in [0, 0.05) is 6.20 Å². The number of allylic oxidation sites excluding steroid dienone is 2. The van der Waals surface area contributed by atoms with Crippen LogP contribution in [0.1, 0.15) is 25.0 Å². The fourth-order valence-corrected chi connectivity index (χ4v) is 1.92. The van der Waals surface area contributed by atoms with Crippen LogP contribution in [0.5, 0.6) is 0 Å². The number of hydrogen-bond acceptors (Lipinski definition) is 1. The highest BCUT2D eigenvalue weighted by atomic mass is 19.4. The molecule has 16 heavy (non-hydrogen) atoms. The Morgan fingerprint density at radius 1 is 1.25 bits per heavy atom. The van der Waals surface area contributed by atoms with E-state index in [1.807, 2.05) is 12.1 Å². The van der Waals surface area contributed by atoms with Gasteiger partial charge in [-0.25, -0.2) is 0 Å². The van der Waals surface area contributed by atoms with Gasteiger partial charge in [0.05, 0.1) is 11.6 Å². The summed E-state index contributed by atoms with van der Waals surface area (Å²) in [4.78, 5) is 4.14. The van der Waals surface area contributed by atoms with Gasteiger partial charge < -0.3 is 0 Å². The molecule has 0 radical (unpaired) electrons. The van der Waals surface area contributed by atoms with Crippen molar-refractivity contribution < 1.29 is 13.2 Å². The van der Waals surface area contributed by atoms with E-state index >= 15 is 0 Å². The first-order valence-corrected chi connectivity index (χ1v) is 5.24. The average molecular weight is 227 g/mol. The normalized spacial score (nSPS) is 21.7. The SMILES string of the molecule is FC(F)(F)C1CC=C(c2ccccn2)CC1. The summed E-state index contributed by atoms with van der Waals surface area (Å²) in [6.07, 6.45) is -0.0232. The molecule has 1 atom stereocenters. The van der Waals surface area contributed by atoms with Gasteiger partial charge >= 0.3 is 6.18 Å². The van der Waals surface area contributed by atoms with Gasteiger partial charge in [0.25, 0.3) is 0 Å². The fourth-order valence-electron chi connectivity index (χ4n) is 1.92. The van der Waals surface area contributed by atoms with Crippen molar-refractivity contribution in [2.24, 2.45) is 5.92 Å². The predicted molar refractivity (Wildman–Crippen MR) is 55.6 cm³/mol. The molecule has 1 aliphatic rings. The molecule has 0 aliphatic heterocycles. The molecule has 0 N–H and O–H groups in total. The number of aromatic nitrogens is 1. The molecule has 4 heteroatoms. The first-order chi connectivity index (χ1) is 7.57. The average Bonchev–Trinajstić information content (AvgIpc) is 2.29. The number of pyridine rings is 1. The number of halogens is 3. The van der Waals surface area contributed by atoms with Crippen molar-refractivity contribution in [1.29, 1.82) is 0 Å². The zero-order chi connectivity index (χ0) is 11.6. The van der Waals surface area contributed by atoms with Crippen molar-refractivity contribution >= 4 is 5.57 Å². The molecule has 1 unspecified atom stereocenters. The van der Waals surface area contributed by atoms with Crippen LogP contribution >= 0.6 is 0 Å². The highest BCUT2D eigenvalue weighted by Gasteiger charge is 2.39. The summed E-state index contributed by atoms with van der Waals surface area (Å²) in [7, 11) is 0. The zero-order valence-electron chi connectivity index (χ0n) is 8.67. The summed E-state index contributed by atoms with van der Waals surface area (Å²) in [5.41, 5.74) is 1.73. The molecule has 0 bridgehead atoms. The lowest BCUT2D eigenvalue weighted by Crippen LogP contribution is -2.24. The van der Waals surface area contributed by atoms with E-state index in [4.69, 9.17) is 0 Å². The molecular weight excluding hydrogens is 215 g/mol. The summed E-state index contributed by atoms with van der Waals surface area (Å²) in [6.45, 7) is 0. The van der Waals surface area contributed by atoms with Crippen molar-refractivity contribution in [3.8, 4) is 0 Å². The molecular formula is C12H12F3N. The number of nitrogens with zero attached hydrogens (tertiary/aromatic N) is 1. The maximum atomic E-state index is 12.4. The Morgan fingerprint density at radius 3 is 2.56 bits per heavy atom. The Labute approximate surface area is 92.0 Å². The molecule has 0 saturated carbocycles. The van der Waals surface area contributed by atoms with Crippen LogP contribution in [-0.2, 0) is 0 Å². The highest BCUT2D eigenvalue weighted by Crippen LogP contribution is 2.38. The summed E-state index contributed by atoms with van der Waals surface area (Å²) in [5, 5.41) is 0. The van der Waals surface area contributed by atoms with Crippen molar-refractivity contribution in [1.82, 2.24) is 4.98 Å². The Hall–Kier alpha value is -1.32. The Bertz CT molecular complexity index is 381. The van der Waals surface area contributed by atoms with Crippen molar-refractivity contribution in [3.63, 3.8) is 0 Å². The molecule has 0 fully saturated rings. The summed E-state index contributed by atoms with van der Waals surface area (Å²) >= 11 is 0. The third-order valence-electron chi connectivity index (χ3n) is 2.87. The Morgan fingerprint density at radius 2 is 2.06 bits per heavy atom. The van der Waals surface area contributed by atoms with E-state index < -0.39 is 12.1 Å². The highest BCUT2D eigenvalue weighted by molar-refractivity contribution is 5.63. The van der Waals surface area contributed by atoms with E-state index in [-0.39, 0.29) is 12.8 Å². The third-order valence-corrected chi connectivity index (χ3v) is 2.87. The molecule has 86 valence electrons. The van der Waals surface area contributed by atoms with Gasteiger partial charge in [-0.15, -0.1) is 0 Å². The van der Waals surface area contributed by atoms with E-state index in [0.717, 1.165) is 11.3 Å². The molecule has 0 amide bonds. The van der Waals surface area contributed by atoms with E-state index in [1.165, 1.54) is 0 Å². The Kier molecular flexibility index (Phi) is 2.99. The van der Waals surface area contributed by atoms with Crippen molar-refractivity contribution in [2.75, 3.05) is 0 Å². The monoisotopic (exact) mass is 227 g/mol. The van der Waals surface area contributed by atoms with E-state index in [1.54, 1.807) is 18.3 Å². The van der Waals surface area contributed by atoms with Crippen LogP contribution in [-0.4, -0.2) is 11.2 Å². The van der Waals surface area contributed by atoms with Crippen LogP contribution in [0.3, 0.4) is 0 Å². The van der Waals surface area contributed by atoms with E-state index in [2.05, 4.69) is 4.98 Å². The quantitative estimate of drug-likeness (QED) is 0.710. The van der Waals surface area contributed by atoms with Crippen molar-refractivity contribution in [3.05, 3.63) is 36.2 Å². The maximum absolute atomic E-state index is 12.4. The number of rotatable bonds is 1. The topological polar surface area (TPSA) is 12.9 Å². The molecule has 1 aromatic rings. The number of alkyl halides is 3. The lowest BCUT2D eigenvalue weighted by Gasteiger charge is -2.23. The summed E-state index contributed by atoms with van der Waals surface area (Å²) < 4.78 is 37.3. The fraction of sp³-hybridized carbons (Fsp3) is 0.417. The van der Waals surface area contributed by atoms with Gasteiger partial charge in [0.1, 0.15) is 0 Å². The second-order valence-electron chi connectivity index (χ2n) is 3.96. The van der Waals surface area contributed by atoms with Crippen molar-refractivity contribution in [2.45, 2.75) is 25.4 Å². The first kappa shape index (κ1) is 11.2. The van der Waals surface area contributed by atoms with Gasteiger partial charge in [-0.2, -0.15) is 13.2 Å². The lowest BCUT2D eigenvalue weighted by molar-refractivity contribution is -0.175. The van der Waals surface area contributed by atoms with Crippen LogP contribution in [0.2, 0.25) is 0 Å². The zero-order valence-corrected chi connectivity index (χ0v) is 8.67. The predicted octanol–water partition coefficient (Wildman–Crippen LogP) is 3.83. The number of hydrogen-bond donors (Lipinski definition) is 0. The minimum atomic E-state index is -4.06. The van der Waals surface area contributed by atoms with Gasteiger partial charge in [0.15, 0.2) is 0 Å². The molecule has 1 nitrogen and oxygen atoms in total. The molecule has 2 rings (SSSR count). The largest absolute Gasteiger partial charge is 0.392 e. The molecule has 1 aliphatic carbocycles. The van der Waals surface area contributed by atoms with Crippen LogP contribution in [0.25, 0.3) is 5.57 Å². The summed E-state index contributed by atoms with van der Waals surface area (Å²) in [6, 6.07) is 5.48. The standard InChI is InChI=1S/C12H12F3N/c13-12(14,15)10-6-4-9(5-7-10)11-3-1-2-8-16-11/h1-4,8,10H,5-7H2. The van der Waals surface area contributed by atoms with Gasteiger partial charge in [0.2, 0.25) is 0 Å². The second-order valence-corrected chi connectivity index (χ2v) is 3.96. The first-order valence-electron chi connectivity index (χ1n) is 5.24. The molecule has 1 aromatic heterocycles. The molecule has 0 spiro atoms. The van der Waals surface area contributed by atoms with E-state index in [0.29, 0.717) is 6.42 Å². The second kappa shape index (κ2) is 4.28. The molecule has 0 aromatic carbocycles. The van der Waals surface area contributed by atoms with Gasteiger partial charge in [-0.3, -0.25) is 4.98 Å².